The molecule has 0 N–H and O–H groups in total. The number of alkyl halides is 1. The third kappa shape index (κ3) is 6.76. The molecule has 2 aromatic carbocycles. The van der Waals surface area contributed by atoms with Crippen molar-refractivity contribution in [3.63, 3.8) is 0 Å². The number of Topliss-reactive ketones (excluding diaryl/α,β-unsaturated/α-hetero) is 1. The van der Waals surface area contributed by atoms with Gasteiger partial charge in [-0.25, -0.2) is 4.79 Å². The van der Waals surface area contributed by atoms with Gasteiger partial charge >= 0.3 is 5.97 Å². The van der Waals surface area contributed by atoms with E-state index in [0.717, 1.165) is 11.1 Å². The van der Waals surface area contributed by atoms with E-state index in [4.69, 9.17) is 20.8 Å². The minimum absolute atomic E-state index is 0.00302. The van der Waals surface area contributed by atoms with E-state index in [2.05, 4.69) is 33.9 Å². The van der Waals surface area contributed by atoms with Crippen LogP contribution in [0.4, 0.5) is 0 Å². The van der Waals surface area contributed by atoms with E-state index in [1.165, 1.54) is 6.92 Å². The summed E-state index contributed by atoms with van der Waals surface area (Å²) in [6, 6.07) is 18.9. The van der Waals surface area contributed by atoms with Crippen LogP contribution >= 0.6 is 11.6 Å². The molecule has 0 aliphatic rings. The first kappa shape index (κ1) is 25.3. The van der Waals surface area contributed by atoms with Gasteiger partial charge in [-0.05, 0) is 36.2 Å². The van der Waals surface area contributed by atoms with Crippen LogP contribution in [0.25, 0.3) is 0 Å². The van der Waals surface area contributed by atoms with Gasteiger partial charge in [0.1, 0.15) is 6.61 Å². The third-order valence-corrected chi connectivity index (χ3v) is 10.8. The predicted molar refractivity (Wildman–Crippen MR) is 128 cm³/mol. The Balaban J connectivity index is 2.16. The van der Waals surface area contributed by atoms with Gasteiger partial charge in [0, 0.05) is 6.42 Å². The second-order valence-electron chi connectivity index (χ2n) is 9.47. The molecule has 0 fully saturated rings. The van der Waals surface area contributed by atoms with E-state index in [-0.39, 0.29) is 18.1 Å². The first-order valence-corrected chi connectivity index (χ1v) is 13.8. The van der Waals surface area contributed by atoms with E-state index in [1.54, 1.807) is 0 Å². The van der Waals surface area contributed by atoms with Crippen LogP contribution in [0.5, 0.6) is 0 Å². The Morgan fingerprint density at radius 1 is 0.935 bits per heavy atom. The number of carbonyl (C=O) groups is 2. The summed E-state index contributed by atoms with van der Waals surface area (Å²) < 4.78 is 11.9. The van der Waals surface area contributed by atoms with Gasteiger partial charge < -0.3 is 9.16 Å². The quantitative estimate of drug-likeness (QED) is 0.187. The van der Waals surface area contributed by atoms with E-state index in [9.17, 15) is 9.59 Å². The molecule has 0 unspecified atom stereocenters. The summed E-state index contributed by atoms with van der Waals surface area (Å²) in [7, 11) is -2.17. The summed E-state index contributed by atoms with van der Waals surface area (Å²) >= 11 is 6.43. The van der Waals surface area contributed by atoms with Gasteiger partial charge in [-0.2, -0.15) is 0 Å². The molecule has 0 saturated carbocycles. The molecular formula is C25H33ClO4Si. The molecular weight excluding hydrogens is 428 g/mol. The Bertz CT molecular complexity index is 873. The molecule has 0 saturated heterocycles. The van der Waals surface area contributed by atoms with Crippen molar-refractivity contribution in [1.82, 2.24) is 0 Å². The number of ether oxygens (including phenoxy) is 1. The highest BCUT2D eigenvalue weighted by atomic mass is 35.5. The van der Waals surface area contributed by atoms with Gasteiger partial charge in [-0.15, -0.1) is 0 Å². The Hall–Kier alpha value is -1.95. The second kappa shape index (κ2) is 10.1. The SMILES string of the molecule is CC(C)(C)[Si](C)(C)O[C@@H](CC(=O)[C@@](C)(Cl)C(=O)OCc1ccccc1)c1ccccc1. The lowest BCUT2D eigenvalue weighted by molar-refractivity contribution is -0.151. The molecule has 31 heavy (non-hydrogen) atoms. The Labute approximate surface area is 192 Å². The van der Waals surface area contributed by atoms with Crippen molar-refractivity contribution in [3.05, 3.63) is 71.8 Å². The summed E-state index contributed by atoms with van der Waals surface area (Å²) in [4.78, 5) is 24.0. The maximum atomic E-state index is 13.1. The van der Waals surface area contributed by atoms with Crippen LogP contribution in [0.2, 0.25) is 18.1 Å². The number of hydrogen-bond donors (Lipinski definition) is 0. The van der Waals surface area contributed by atoms with Crippen molar-refractivity contribution < 1.29 is 18.8 Å². The average Bonchev–Trinajstić information content (AvgIpc) is 2.71. The molecule has 2 atom stereocenters. The highest BCUT2D eigenvalue weighted by molar-refractivity contribution is 6.74. The molecule has 0 amide bonds. The molecule has 0 bridgehead atoms. The van der Waals surface area contributed by atoms with E-state index in [1.807, 2.05) is 60.7 Å². The van der Waals surface area contributed by atoms with Crippen LogP contribution in [0, 0.1) is 0 Å². The van der Waals surface area contributed by atoms with Crippen LogP contribution in [0.1, 0.15) is 51.3 Å². The van der Waals surface area contributed by atoms with Crippen molar-refractivity contribution in [2.45, 2.75) is 69.8 Å². The molecule has 0 radical (unpaired) electrons. The summed E-state index contributed by atoms with van der Waals surface area (Å²) in [6.45, 7) is 12.2. The smallest absolute Gasteiger partial charge is 0.334 e. The minimum atomic E-state index is -2.17. The Kier molecular flexibility index (Phi) is 8.25. The standard InChI is InChI=1S/C25H33ClO4Si/c1-24(2,3)31(5,6)30-21(20-15-11-8-12-16-20)17-22(27)25(4,26)23(28)29-18-19-13-9-7-10-14-19/h7-16,21H,17-18H2,1-6H3/t21-,25+/m0/s1. The van der Waals surface area contributed by atoms with Crippen molar-refractivity contribution in [2.24, 2.45) is 0 Å². The molecule has 0 aliphatic heterocycles. The lowest BCUT2D eigenvalue weighted by Gasteiger charge is -2.39. The predicted octanol–water partition coefficient (Wildman–Crippen LogP) is 6.45. The fraction of sp³-hybridized carbons (Fsp3) is 0.440. The average molecular weight is 461 g/mol. The maximum absolute atomic E-state index is 13.1. The monoisotopic (exact) mass is 460 g/mol. The molecule has 4 nitrogen and oxygen atoms in total. The largest absolute Gasteiger partial charge is 0.459 e. The fourth-order valence-corrected chi connectivity index (χ4v) is 4.18. The number of benzene rings is 2. The molecule has 168 valence electrons. The van der Waals surface area contributed by atoms with Gasteiger partial charge in [-0.3, -0.25) is 4.79 Å². The number of hydrogen-bond acceptors (Lipinski definition) is 4. The summed E-state index contributed by atoms with van der Waals surface area (Å²) in [5, 5.41) is -0.0258. The van der Waals surface area contributed by atoms with Crippen LogP contribution in [0.3, 0.4) is 0 Å². The second-order valence-corrected chi connectivity index (χ2v) is 15.0. The number of ketones is 1. The van der Waals surface area contributed by atoms with Crippen molar-refractivity contribution in [1.29, 1.82) is 0 Å². The molecule has 2 aromatic rings. The number of rotatable bonds is 9. The zero-order chi connectivity index (χ0) is 23.3. The van der Waals surface area contributed by atoms with E-state index in [0.29, 0.717) is 0 Å². The normalized spacial score (nSPS) is 15.1. The van der Waals surface area contributed by atoms with Gasteiger partial charge in [0.15, 0.2) is 19.0 Å². The summed E-state index contributed by atoms with van der Waals surface area (Å²) in [6.07, 6.45) is -0.480. The molecule has 6 heteroatoms. The molecule has 2 rings (SSSR count). The Morgan fingerprint density at radius 2 is 1.45 bits per heavy atom. The van der Waals surface area contributed by atoms with Crippen molar-refractivity contribution >= 4 is 31.7 Å². The Morgan fingerprint density at radius 3 is 1.97 bits per heavy atom. The molecule has 0 aliphatic carbocycles. The first-order chi connectivity index (χ1) is 14.3. The number of carbonyl (C=O) groups excluding carboxylic acids is 2. The van der Waals surface area contributed by atoms with Crippen molar-refractivity contribution in [2.75, 3.05) is 0 Å². The van der Waals surface area contributed by atoms with Crippen molar-refractivity contribution in [3.8, 4) is 0 Å². The topological polar surface area (TPSA) is 52.6 Å². The zero-order valence-corrected chi connectivity index (χ0v) is 21.0. The first-order valence-electron chi connectivity index (χ1n) is 10.5. The van der Waals surface area contributed by atoms with E-state index < -0.39 is 31.0 Å². The highest BCUT2D eigenvalue weighted by Crippen LogP contribution is 2.41. The molecule has 0 heterocycles. The van der Waals surface area contributed by atoms with Gasteiger partial charge in [0.25, 0.3) is 0 Å². The van der Waals surface area contributed by atoms with E-state index >= 15 is 0 Å². The van der Waals surface area contributed by atoms with Gasteiger partial charge in [-0.1, -0.05) is 93.0 Å². The van der Waals surface area contributed by atoms with Gasteiger partial charge in [0.2, 0.25) is 0 Å². The summed E-state index contributed by atoms with van der Waals surface area (Å²) in [5.74, 6) is -1.16. The molecule has 0 spiro atoms. The molecule has 0 aromatic heterocycles. The number of esters is 1. The van der Waals surface area contributed by atoms with Crippen LogP contribution in [-0.4, -0.2) is 24.9 Å². The lowest BCUT2D eigenvalue weighted by Crippen LogP contribution is -2.44. The summed E-state index contributed by atoms with van der Waals surface area (Å²) in [5.41, 5.74) is 1.73. The van der Waals surface area contributed by atoms with Crippen LogP contribution in [0.15, 0.2) is 60.7 Å². The zero-order valence-electron chi connectivity index (χ0n) is 19.3. The third-order valence-electron chi connectivity index (χ3n) is 5.90. The number of halogens is 1. The van der Waals surface area contributed by atoms with Crippen LogP contribution < -0.4 is 0 Å². The van der Waals surface area contributed by atoms with Gasteiger partial charge in [0.05, 0.1) is 6.10 Å². The minimum Gasteiger partial charge on any atom is -0.459 e. The highest BCUT2D eigenvalue weighted by Gasteiger charge is 2.44. The van der Waals surface area contributed by atoms with Crippen LogP contribution in [-0.2, 0) is 25.4 Å². The fourth-order valence-electron chi connectivity index (χ4n) is 2.76. The lowest BCUT2D eigenvalue weighted by atomic mass is 9.97. The maximum Gasteiger partial charge on any atom is 0.334 e.